The van der Waals surface area contributed by atoms with Crippen LogP contribution in [0, 0.1) is 29.6 Å². The van der Waals surface area contributed by atoms with E-state index < -0.39 is 5.97 Å². The fraction of sp³-hybridized carbons (Fsp3) is 0.857. The second kappa shape index (κ2) is 5.02. The Morgan fingerprint density at radius 2 is 1.53 bits per heavy atom. The summed E-state index contributed by atoms with van der Waals surface area (Å²) >= 11 is 0. The van der Waals surface area contributed by atoms with Crippen molar-refractivity contribution in [1.82, 2.24) is 10.6 Å². The number of hydrogen-bond donors (Lipinski definition) is 3. The summed E-state index contributed by atoms with van der Waals surface area (Å²) in [5.41, 5.74) is 0. The predicted octanol–water partition coefficient (Wildman–Crippen LogP) is 1.44. The Hall–Kier alpha value is -1.26. The number of carbonyl (C=O) groups excluding carboxylic acids is 1. The van der Waals surface area contributed by atoms with Gasteiger partial charge < -0.3 is 15.7 Å². The van der Waals surface area contributed by atoms with Gasteiger partial charge in [0, 0.05) is 6.54 Å². The molecular formula is C14H22N2O3. The van der Waals surface area contributed by atoms with Gasteiger partial charge >= 0.3 is 12.0 Å². The summed E-state index contributed by atoms with van der Waals surface area (Å²) in [6.07, 6.45) is 6.81. The van der Waals surface area contributed by atoms with Gasteiger partial charge in [-0.2, -0.15) is 0 Å². The monoisotopic (exact) mass is 266 g/mol. The van der Waals surface area contributed by atoms with Gasteiger partial charge in [0.15, 0.2) is 0 Å². The third-order valence-corrected chi connectivity index (χ3v) is 5.32. The van der Waals surface area contributed by atoms with Crippen LogP contribution in [0.1, 0.15) is 32.1 Å². The molecule has 0 radical (unpaired) electrons. The maximum atomic E-state index is 11.5. The Morgan fingerprint density at radius 1 is 0.947 bits per heavy atom. The van der Waals surface area contributed by atoms with E-state index in [4.69, 9.17) is 5.11 Å². The van der Waals surface area contributed by atoms with E-state index in [-0.39, 0.29) is 12.6 Å². The third-order valence-electron chi connectivity index (χ3n) is 5.32. The first-order valence-electron chi connectivity index (χ1n) is 7.35. The average Bonchev–Trinajstić information content (AvgIpc) is 2.34. The highest BCUT2D eigenvalue weighted by molar-refractivity contribution is 5.79. The molecule has 5 nitrogen and oxygen atoms in total. The van der Waals surface area contributed by atoms with Crippen LogP contribution in [0.15, 0.2) is 0 Å². The molecule has 0 aliphatic heterocycles. The van der Waals surface area contributed by atoms with Gasteiger partial charge in [-0.3, -0.25) is 4.79 Å². The molecule has 19 heavy (non-hydrogen) atoms. The van der Waals surface area contributed by atoms with Gasteiger partial charge in [0.2, 0.25) is 0 Å². The molecule has 4 fully saturated rings. The number of carboxylic acids is 1. The fourth-order valence-electron chi connectivity index (χ4n) is 4.80. The van der Waals surface area contributed by atoms with Gasteiger partial charge in [-0.15, -0.1) is 0 Å². The fourth-order valence-corrected chi connectivity index (χ4v) is 4.80. The van der Waals surface area contributed by atoms with Crippen LogP contribution < -0.4 is 10.6 Å². The molecule has 4 bridgehead atoms. The van der Waals surface area contributed by atoms with Gasteiger partial charge in [-0.1, -0.05) is 0 Å². The number of aliphatic carboxylic acids is 1. The van der Waals surface area contributed by atoms with Crippen LogP contribution in [0.25, 0.3) is 0 Å². The number of nitrogens with one attached hydrogen (secondary N) is 2. The zero-order chi connectivity index (χ0) is 13.4. The standard InChI is InChI=1S/C14H22N2O3/c17-13(18)7-16-14(19)15-6-12-10-2-8-1-9(4-10)5-11(12)3-8/h8-12H,1-7H2,(H,17,18)(H2,15,16,19). The van der Waals surface area contributed by atoms with Crippen molar-refractivity contribution in [3.8, 4) is 0 Å². The van der Waals surface area contributed by atoms with Crippen molar-refractivity contribution in [2.24, 2.45) is 29.6 Å². The number of carboxylic acid groups (broad SMARTS) is 1. The molecule has 2 amide bonds. The molecule has 5 heteroatoms. The maximum Gasteiger partial charge on any atom is 0.323 e. The smallest absolute Gasteiger partial charge is 0.323 e. The van der Waals surface area contributed by atoms with Gasteiger partial charge in [0.1, 0.15) is 6.54 Å². The number of amides is 2. The summed E-state index contributed by atoms with van der Waals surface area (Å²) < 4.78 is 0. The second-order valence-corrected chi connectivity index (χ2v) is 6.55. The van der Waals surface area contributed by atoms with E-state index in [1.165, 1.54) is 32.1 Å². The zero-order valence-corrected chi connectivity index (χ0v) is 11.1. The molecule has 3 N–H and O–H groups in total. The lowest BCUT2D eigenvalue weighted by Gasteiger charge is -2.54. The Labute approximate surface area is 113 Å². The minimum absolute atomic E-state index is 0.312. The van der Waals surface area contributed by atoms with Crippen LogP contribution in [-0.4, -0.2) is 30.2 Å². The van der Waals surface area contributed by atoms with Crippen molar-refractivity contribution < 1.29 is 14.7 Å². The summed E-state index contributed by atoms with van der Waals surface area (Å²) in [4.78, 5) is 21.9. The molecule has 4 aliphatic rings. The van der Waals surface area contributed by atoms with E-state index in [0.717, 1.165) is 23.7 Å². The van der Waals surface area contributed by atoms with Gasteiger partial charge in [0.05, 0.1) is 0 Å². The van der Waals surface area contributed by atoms with Crippen LogP contribution >= 0.6 is 0 Å². The minimum Gasteiger partial charge on any atom is -0.480 e. The van der Waals surface area contributed by atoms with Gasteiger partial charge in [-0.25, -0.2) is 4.79 Å². The Bertz CT molecular complexity index is 355. The van der Waals surface area contributed by atoms with Crippen LogP contribution in [0.4, 0.5) is 4.79 Å². The van der Waals surface area contributed by atoms with Crippen LogP contribution in [0.2, 0.25) is 0 Å². The highest BCUT2D eigenvalue weighted by Gasteiger charge is 2.47. The lowest BCUT2D eigenvalue weighted by Crippen LogP contribution is -2.50. The minimum atomic E-state index is -1.01. The predicted molar refractivity (Wildman–Crippen MR) is 69.6 cm³/mol. The Kier molecular flexibility index (Phi) is 3.37. The molecule has 0 saturated heterocycles. The Balaban J connectivity index is 1.48. The highest BCUT2D eigenvalue weighted by atomic mass is 16.4. The topological polar surface area (TPSA) is 78.4 Å². The lowest BCUT2D eigenvalue weighted by atomic mass is 9.52. The second-order valence-electron chi connectivity index (χ2n) is 6.55. The van der Waals surface area contributed by atoms with Crippen molar-refractivity contribution in [2.45, 2.75) is 32.1 Å². The molecule has 0 aromatic heterocycles. The summed E-state index contributed by atoms with van der Waals surface area (Å²) in [5.74, 6) is 3.07. The van der Waals surface area contributed by atoms with E-state index in [1.54, 1.807) is 0 Å². The molecule has 0 aromatic rings. The van der Waals surface area contributed by atoms with Gasteiger partial charge in [0.25, 0.3) is 0 Å². The Morgan fingerprint density at radius 3 is 2.05 bits per heavy atom. The van der Waals surface area contributed by atoms with Crippen molar-refractivity contribution >= 4 is 12.0 Å². The van der Waals surface area contributed by atoms with E-state index in [1.807, 2.05) is 0 Å². The first-order valence-corrected chi connectivity index (χ1v) is 7.35. The van der Waals surface area contributed by atoms with Gasteiger partial charge in [-0.05, 0) is 61.7 Å². The van der Waals surface area contributed by atoms with E-state index in [9.17, 15) is 9.59 Å². The van der Waals surface area contributed by atoms with E-state index >= 15 is 0 Å². The molecule has 0 unspecified atom stereocenters. The SMILES string of the molecule is O=C(O)CNC(=O)NCC1C2CC3CC(C2)CC1C3. The molecule has 0 spiro atoms. The molecule has 106 valence electrons. The van der Waals surface area contributed by atoms with Crippen molar-refractivity contribution in [2.75, 3.05) is 13.1 Å². The quantitative estimate of drug-likeness (QED) is 0.720. The molecule has 0 aromatic carbocycles. The molecule has 4 aliphatic carbocycles. The molecule has 4 rings (SSSR count). The summed E-state index contributed by atoms with van der Waals surface area (Å²) in [7, 11) is 0. The summed E-state index contributed by atoms with van der Waals surface area (Å²) in [6.45, 7) is 0.397. The maximum absolute atomic E-state index is 11.5. The molecule has 0 heterocycles. The molecule has 0 atom stereocenters. The number of carbonyl (C=O) groups is 2. The van der Waals surface area contributed by atoms with Crippen molar-refractivity contribution in [3.05, 3.63) is 0 Å². The van der Waals surface area contributed by atoms with Crippen LogP contribution in [0.5, 0.6) is 0 Å². The molecule has 4 saturated carbocycles. The largest absolute Gasteiger partial charge is 0.480 e. The lowest BCUT2D eigenvalue weighted by molar-refractivity contribution is -0.135. The van der Waals surface area contributed by atoms with E-state index in [0.29, 0.717) is 12.5 Å². The zero-order valence-electron chi connectivity index (χ0n) is 11.1. The summed E-state index contributed by atoms with van der Waals surface area (Å²) in [6, 6.07) is -0.351. The highest BCUT2D eigenvalue weighted by Crippen LogP contribution is 2.56. The van der Waals surface area contributed by atoms with Crippen molar-refractivity contribution in [1.29, 1.82) is 0 Å². The van der Waals surface area contributed by atoms with Crippen molar-refractivity contribution in [3.63, 3.8) is 0 Å². The normalized spacial score (nSPS) is 39.1. The number of urea groups is 1. The molecular weight excluding hydrogens is 244 g/mol. The first-order chi connectivity index (χ1) is 9.11. The summed E-state index contributed by atoms with van der Waals surface area (Å²) in [5, 5.41) is 13.7. The third kappa shape index (κ3) is 2.69. The van der Waals surface area contributed by atoms with Crippen LogP contribution in [0.3, 0.4) is 0 Å². The number of rotatable bonds is 4. The number of hydrogen-bond acceptors (Lipinski definition) is 2. The van der Waals surface area contributed by atoms with Crippen LogP contribution in [-0.2, 0) is 4.79 Å². The average molecular weight is 266 g/mol. The first kappa shape index (κ1) is 12.8. The van der Waals surface area contributed by atoms with E-state index in [2.05, 4.69) is 10.6 Å².